The maximum Gasteiger partial charge on any atom is 0.262 e. The minimum Gasteiger partial charge on any atom is -0.412 e. The fraction of sp³-hybridized carbons (Fsp3) is 0.500. The van der Waals surface area contributed by atoms with Crippen LogP contribution in [0.1, 0.15) is 88.8 Å². The Balaban J connectivity index is 0.000000854. The molecule has 1 aromatic carbocycles. The molecule has 0 radical (unpaired) electrons. The monoisotopic (exact) mass is 697 g/mol. The van der Waals surface area contributed by atoms with E-state index in [-0.39, 0.29) is 48.8 Å². The number of nitrogens with one attached hydrogen (secondary N) is 1. The second-order valence-corrected chi connectivity index (χ2v) is 17.7. The Bertz CT molecular complexity index is 1560. The van der Waals surface area contributed by atoms with Crippen molar-refractivity contribution >= 4 is 49.3 Å². The third kappa shape index (κ3) is 9.26. The van der Waals surface area contributed by atoms with E-state index in [1.807, 2.05) is 30.0 Å². The molecule has 2 unspecified atom stereocenters. The summed E-state index contributed by atoms with van der Waals surface area (Å²) in [6.45, 7) is 4.78. The van der Waals surface area contributed by atoms with Gasteiger partial charge in [0.05, 0.1) is 18.4 Å². The highest BCUT2D eigenvalue weighted by atomic mass is 32.1. The number of fused-ring (bicyclic) bond motifs is 2. The molecule has 4 fully saturated rings. The molecule has 14 heteroatoms. The zero-order valence-electron chi connectivity index (χ0n) is 25.4. The van der Waals surface area contributed by atoms with Crippen LogP contribution in [0.2, 0.25) is 0 Å². The molecule has 0 bridgehead atoms. The largest absolute Gasteiger partial charge is 0.412 e. The number of carbonyl (C=O) groups is 2. The topological polar surface area (TPSA) is 161 Å². The number of rotatable bonds is 4. The molecule has 256 valence electrons. The molecule has 5 N–H and O–H groups in total. The van der Waals surface area contributed by atoms with E-state index in [4.69, 9.17) is 15.4 Å². The van der Waals surface area contributed by atoms with Crippen molar-refractivity contribution in [3.8, 4) is 6.07 Å². The van der Waals surface area contributed by atoms with Crippen LogP contribution >= 0.6 is 27.4 Å². The molecule has 10 nitrogen and oxygen atoms in total. The van der Waals surface area contributed by atoms with Crippen molar-refractivity contribution in [2.24, 2.45) is 0 Å². The van der Waals surface area contributed by atoms with Crippen molar-refractivity contribution in [2.75, 3.05) is 19.0 Å². The van der Waals surface area contributed by atoms with Crippen LogP contribution in [0.5, 0.6) is 0 Å². The Morgan fingerprint density at radius 1 is 1.24 bits per heavy atom. The summed E-state index contributed by atoms with van der Waals surface area (Å²) in [6.07, 6.45) is 4.79. The smallest absolute Gasteiger partial charge is 0.262 e. The Morgan fingerprint density at radius 2 is 1.96 bits per heavy atom. The number of hydrogen-bond acceptors (Lipinski definition) is 8. The number of halogens is 1. The zero-order chi connectivity index (χ0) is 31.4. The van der Waals surface area contributed by atoms with Gasteiger partial charge in [0, 0.05) is 46.0 Å². The number of amides is 2. The lowest BCUT2D eigenvalue weighted by Crippen LogP contribution is -2.50. The predicted octanol–water partition coefficient (Wildman–Crippen LogP) is 6.57. The van der Waals surface area contributed by atoms with Crippen molar-refractivity contribution in [3.63, 3.8) is 0 Å². The second-order valence-electron chi connectivity index (χ2n) is 11.7. The van der Waals surface area contributed by atoms with Crippen molar-refractivity contribution in [2.45, 2.75) is 84.1 Å². The first kappa shape index (κ1) is 37.8. The summed E-state index contributed by atoms with van der Waals surface area (Å²) >= 11 is 1.38. The minimum atomic E-state index is -0.515. The first-order valence-corrected chi connectivity index (χ1v) is 19.2. The summed E-state index contributed by atoms with van der Waals surface area (Å²) in [7, 11) is 0.585. The molecule has 3 aromatic rings. The fourth-order valence-electron chi connectivity index (χ4n) is 5.94. The van der Waals surface area contributed by atoms with Crippen LogP contribution in [-0.4, -0.2) is 79.5 Å². The molecule has 5 atom stereocenters. The Hall–Kier alpha value is -2.61. The first-order chi connectivity index (χ1) is 21.2. The molecule has 6 heterocycles. The van der Waals surface area contributed by atoms with E-state index < -0.39 is 12.7 Å². The number of aryl methyl sites for hydroxylation is 1. The van der Waals surface area contributed by atoms with Crippen LogP contribution in [-0.2, 0) is 11.5 Å². The zero-order valence-corrected chi connectivity index (χ0v) is 28.1. The fourth-order valence-corrected chi connectivity index (χ4v) is 7.71. The molecular weight excluding hydrogens is 647 g/mol. The summed E-state index contributed by atoms with van der Waals surface area (Å²) in [5.41, 5.74) is 3.08. The Labute approximate surface area is 281 Å². The number of pyridine rings is 1. The first-order valence-electron chi connectivity index (χ1n) is 14.9. The summed E-state index contributed by atoms with van der Waals surface area (Å²) in [5, 5.41) is 22.8. The van der Waals surface area contributed by atoms with Crippen molar-refractivity contribution in [1.29, 1.82) is 5.26 Å². The molecule has 4 aliphatic heterocycles. The lowest BCUT2D eigenvalue weighted by atomic mass is 9.94. The van der Waals surface area contributed by atoms with Gasteiger partial charge in [-0.15, -0.1) is 11.3 Å². The maximum absolute atomic E-state index is 12.9. The molecule has 2 aromatic heterocycles. The molecule has 0 aliphatic carbocycles. The summed E-state index contributed by atoms with van der Waals surface area (Å²) in [4.78, 5) is 40.7. The molecule has 46 heavy (non-hydrogen) atoms. The molecule has 2 amide bonds. The Kier molecular flexibility index (Phi) is 14.0. The van der Waals surface area contributed by atoms with Crippen LogP contribution in [0.15, 0.2) is 36.4 Å². The number of aromatic nitrogens is 1. The number of carbonyl (C=O) groups excluding carboxylic acids is 2. The molecule has 4 aliphatic rings. The highest BCUT2D eigenvalue weighted by Gasteiger charge is 2.40. The Morgan fingerprint density at radius 3 is 2.59 bits per heavy atom. The standard InChI is InChI=1S/C20H23FN2O2S.C10H11N3O.CH4OP2.CH4.H2O.3H2/c1-12-5-7-15-3-2-4-16(20(25)23(12)15)22-19(24)18-10-14-9-13(11-21)6-8-17(14)26-18;1-7-2-3-9(4-11)12-10(7)8-5-13(14)6-8;2-4-1-3-4;;;;;/h6,8-10,12,15-16H,2-5,7,11H2,1H3,(H,22,24);2-3,8,14H,5-6H2,1H3;2-3H,1H2;1H4;1H2;3*1H/t12-,15+,16+;;;;;;;/m1......./s1. The van der Waals surface area contributed by atoms with Gasteiger partial charge in [0.2, 0.25) is 5.91 Å². The van der Waals surface area contributed by atoms with Gasteiger partial charge < -0.3 is 25.8 Å². The van der Waals surface area contributed by atoms with E-state index in [0.29, 0.717) is 41.7 Å². The third-order valence-electron chi connectivity index (χ3n) is 8.43. The van der Waals surface area contributed by atoms with Gasteiger partial charge in [0.15, 0.2) is 0 Å². The van der Waals surface area contributed by atoms with Crippen LogP contribution in [0.4, 0.5) is 4.39 Å². The average Bonchev–Trinajstić information content (AvgIpc) is 3.57. The number of nitriles is 1. The van der Waals surface area contributed by atoms with E-state index in [1.54, 1.807) is 24.3 Å². The van der Waals surface area contributed by atoms with Crippen molar-refractivity contribution in [3.05, 3.63) is 63.8 Å². The molecule has 7 rings (SSSR count). The van der Waals surface area contributed by atoms with Gasteiger partial charge in [-0.3, -0.25) is 9.59 Å². The van der Waals surface area contributed by atoms with Crippen LogP contribution in [0.25, 0.3) is 10.1 Å². The second kappa shape index (κ2) is 17.0. The summed E-state index contributed by atoms with van der Waals surface area (Å²) in [5.74, 6) is 1.26. The van der Waals surface area contributed by atoms with Gasteiger partial charge in [-0.2, -0.15) is 10.3 Å². The van der Waals surface area contributed by atoms with Gasteiger partial charge in [-0.1, -0.05) is 27.8 Å². The lowest BCUT2D eigenvalue weighted by Gasteiger charge is -2.34. The van der Waals surface area contributed by atoms with E-state index in [0.717, 1.165) is 61.2 Å². The predicted molar refractivity (Wildman–Crippen MR) is 190 cm³/mol. The van der Waals surface area contributed by atoms with Crippen molar-refractivity contribution in [1.82, 2.24) is 20.3 Å². The van der Waals surface area contributed by atoms with Gasteiger partial charge >= 0.3 is 0 Å². The molecule has 0 spiro atoms. The number of thiophene rings is 1. The average molecular weight is 698 g/mol. The van der Waals surface area contributed by atoms with Crippen molar-refractivity contribution < 1.29 is 33.8 Å². The van der Waals surface area contributed by atoms with Gasteiger partial charge in [0.25, 0.3) is 5.91 Å². The number of hydrogen-bond donors (Lipinski definition) is 3. The van der Waals surface area contributed by atoms with Gasteiger partial charge in [-0.05, 0) is 86.7 Å². The summed E-state index contributed by atoms with van der Waals surface area (Å²) < 4.78 is 13.8. The number of alkyl halides is 1. The van der Waals surface area contributed by atoms with Crippen LogP contribution in [0, 0.1) is 18.3 Å². The quantitative estimate of drug-likeness (QED) is 0.260. The number of hydroxylamine groups is 2. The SMILES string of the molecule is C.C[C@@H]1CC[C@@H]2CCC[C@H](NC(=O)c3cc4cc(CF)ccc4s3)C(=O)N21.Cc1ccc(C#N)nc1C1CN(O)C1.O.OP1CP1.[HH].[HH].[HH]. The number of nitrogens with zero attached hydrogens (tertiary/aromatic N) is 4. The van der Waals surface area contributed by atoms with E-state index >= 15 is 0 Å². The number of benzene rings is 1. The lowest BCUT2D eigenvalue weighted by molar-refractivity contribution is -0.150. The highest BCUT2D eigenvalue weighted by molar-refractivity contribution is 8.35. The van der Waals surface area contributed by atoms with Gasteiger partial charge in [-0.25, -0.2) is 9.37 Å². The van der Waals surface area contributed by atoms with Gasteiger partial charge in [0.1, 0.15) is 24.5 Å². The normalized spacial score (nSPS) is 24.0. The van der Waals surface area contributed by atoms with Crippen LogP contribution < -0.4 is 5.32 Å². The van der Waals surface area contributed by atoms with E-state index in [1.165, 1.54) is 16.4 Å². The maximum atomic E-state index is 12.9. The molecular formula is C32H50FN5O5P2S. The highest BCUT2D eigenvalue weighted by Crippen LogP contribution is 2.72. The van der Waals surface area contributed by atoms with Crippen LogP contribution in [0.3, 0.4) is 0 Å². The molecule has 4 saturated heterocycles. The summed E-state index contributed by atoms with van der Waals surface area (Å²) in [6, 6.07) is 12.9. The van der Waals surface area contributed by atoms with E-state index in [2.05, 4.69) is 17.2 Å². The molecule has 0 saturated carbocycles. The minimum absolute atomic E-state index is 0. The third-order valence-corrected chi connectivity index (χ3v) is 11.9. The van der Waals surface area contributed by atoms with E-state index in [9.17, 15) is 14.0 Å².